The van der Waals surface area contributed by atoms with Crippen LogP contribution in [0.25, 0.3) is 22.8 Å². The molecule has 3 N–H and O–H groups in total. The number of aromatic nitrogens is 8. The van der Waals surface area contributed by atoms with E-state index >= 15 is 0 Å². The van der Waals surface area contributed by atoms with Gasteiger partial charge in [-0.15, -0.1) is 20.4 Å². The Morgan fingerprint density at radius 2 is 1.23 bits per heavy atom. The molecule has 0 radical (unpaired) electrons. The predicted molar refractivity (Wildman–Crippen MR) is 168 cm³/mol. The van der Waals surface area contributed by atoms with E-state index in [9.17, 15) is 4.79 Å². The molecule has 0 saturated heterocycles. The molecule has 2 heterocycles. The van der Waals surface area contributed by atoms with Crippen LogP contribution >= 0.6 is 0 Å². The number of carbonyl (C=O) groups is 1. The first-order valence-corrected chi connectivity index (χ1v) is 14.7. The normalized spacial score (nSPS) is 10.9. The highest BCUT2D eigenvalue weighted by molar-refractivity contribution is 5.67. The summed E-state index contributed by atoms with van der Waals surface area (Å²) in [6.45, 7) is 9.51. The van der Waals surface area contributed by atoms with Gasteiger partial charge in [-0.2, -0.15) is 9.59 Å². The Labute approximate surface area is 257 Å². The van der Waals surface area contributed by atoms with Gasteiger partial charge in [0.05, 0.1) is 12.1 Å². The van der Waals surface area contributed by atoms with Crippen molar-refractivity contribution in [1.29, 1.82) is 0 Å². The lowest BCUT2D eigenvalue weighted by Crippen LogP contribution is -2.26. The zero-order valence-corrected chi connectivity index (χ0v) is 25.7. The average molecular weight is 597 g/mol. The van der Waals surface area contributed by atoms with Crippen molar-refractivity contribution in [3.8, 4) is 22.8 Å². The van der Waals surface area contributed by atoms with Crippen LogP contribution in [0.15, 0.2) is 78.9 Å². The number of nitrogens with one attached hydrogen (secondary N) is 1. The van der Waals surface area contributed by atoms with Gasteiger partial charge in [-0.1, -0.05) is 78.9 Å². The van der Waals surface area contributed by atoms with Gasteiger partial charge in [0.2, 0.25) is 11.6 Å². The van der Waals surface area contributed by atoms with Crippen LogP contribution in [0.2, 0.25) is 0 Å². The lowest BCUT2D eigenvalue weighted by atomic mass is 10.1. The number of carbonyl (C=O) groups excluding carboxylic acids is 1. The van der Waals surface area contributed by atoms with Crippen molar-refractivity contribution in [2.24, 2.45) is 5.73 Å². The maximum Gasteiger partial charge on any atom is 0.407 e. The number of amides is 1. The zero-order chi connectivity index (χ0) is 31.3. The van der Waals surface area contributed by atoms with Crippen molar-refractivity contribution >= 4 is 6.09 Å². The van der Waals surface area contributed by atoms with Crippen LogP contribution in [0.5, 0.6) is 0 Å². The molecule has 44 heavy (non-hydrogen) atoms. The molecule has 230 valence electrons. The lowest BCUT2D eigenvalue weighted by Gasteiger charge is -2.07. The van der Waals surface area contributed by atoms with Gasteiger partial charge in [-0.25, -0.2) is 4.79 Å². The second-order valence-corrected chi connectivity index (χ2v) is 10.7. The fourth-order valence-electron chi connectivity index (χ4n) is 4.01. The van der Waals surface area contributed by atoms with Gasteiger partial charge < -0.3 is 15.8 Å². The molecule has 0 unspecified atom stereocenters. The zero-order valence-electron chi connectivity index (χ0n) is 25.7. The van der Waals surface area contributed by atoms with Crippen molar-refractivity contribution < 1.29 is 9.53 Å². The van der Waals surface area contributed by atoms with Crippen LogP contribution in [0, 0.1) is 0 Å². The Morgan fingerprint density at radius 1 is 0.727 bits per heavy atom. The first kappa shape index (κ1) is 32.0. The molecule has 0 saturated carbocycles. The molecular formula is C32H40N10O2. The third-order valence-corrected chi connectivity index (χ3v) is 6.53. The smallest absolute Gasteiger partial charge is 0.407 e. The highest BCUT2D eigenvalue weighted by atomic mass is 16.5. The third kappa shape index (κ3) is 9.53. The highest BCUT2D eigenvalue weighted by Crippen LogP contribution is 2.17. The first-order valence-electron chi connectivity index (χ1n) is 14.7. The summed E-state index contributed by atoms with van der Waals surface area (Å²) >= 11 is 0. The molecular weight excluding hydrogens is 556 g/mol. The second kappa shape index (κ2) is 16.0. The van der Waals surface area contributed by atoms with Crippen LogP contribution in [0.1, 0.15) is 56.5 Å². The minimum absolute atomic E-state index is 0.179. The number of rotatable bonds is 11. The summed E-state index contributed by atoms with van der Waals surface area (Å²) in [6.07, 6.45) is 1.20. The van der Waals surface area contributed by atoms with E-state index in [0.29, 0.717) is 31.2 Å². The summed E-state index contributed by atoms with van der Waals surface area (Å²) in [6, 6.07) is 26.1. The van der Waals surface area contributed by atoms with Crippen LogP contribution in [-0.4, -0.2) is 59.6 Å². The Hall–Kier alpha value is -4.97. The van der Waals surface area contributed by atoms with E-state index in [1.807, 2.05) is 94.4 Å². The van der Waals surface area contributed by atoms with Gasteiger partial charge in [0.15, 0.2) is 0 Å². The summed E-state index contributed by atoms with van der Waals surface area (Å²) in [7, 11) is 0. The number of nitrogens with two attached hydrogens (primary N) is 1. The standard InChI is InChI=1S/C20H23N5O2.C12H17N5/c1-15(2)25-23-19(22-24-25)18-10-8-16(9-11-18)12-13-21-20(26)27-14-17-6-4-3-5-7-17;1-9(2)17-15-12(14-16-17)11-5-3-10(4-6-11)7-8-13/h3-11,15H,12-14H2,1-2H3,(H,21,26);3-6,9H,7-8,13H2,1-2H3. The molecule has 12 nitrogen and oxygen atoms in total. The maximum atomic E-state index is 11.7. The van der Waals surface area contributed by atoms with Crippen molar-refractivity contribution in [2.75, 3.05) is 13.1 Å². The molecule has 0 atom stereocenters. The Balaban J connectivity index is 0.000000223. The molecule has 3 aromatic carbocycles. The highest BCUT2D eigenvalue weighted by Gasteiger charge is 2.09. The molecule has 1 amide bonds. The fraction of sp³-hybridized carbons (Fsp3) is 0.344. The van der Waals surface area contributed by atoms with E-state index in [4.69, 9.17) is 10.5 Å². The van der Waals surface area contributed by atoms with Crippen LogP contribution in [0.4, 0.5) is 4.79 Å². The quantitative estimate of drug-likeness (QED) is 0.219. The lowest BCUT2D eigenvalue weighted by molar-refractivity contribution is 0.140. The summed E-state index contributed by atoms with van der Waals surface area (Å²) in [5.74, 6) is 1.27. The number of tetrazole rings is 2. The summed E-state index contributed by atoms with van der Waals surface area (Å²) < 4.78 is 5.19. The second-order valence-electron chi connectivity index (χ2n) is 10.7. The van der Waals surface area contributed by atoms with Crippen LogP contribution in [-0.2, 0) is 24.2 Å². The van der Waals surface area contributed by atoms with E-state index in [-0.39, 0.29) is 18.7 Å². The van der Waals surface area contributed by atoms with Crippen molar-refractivity contribution in [3.63, 3.8) is 0 Å². The number of hydrogen-bond donors (Lipinski definition) is 2. The summed E-state index contributed by atoms with van der Waals surface area (Å²) in [5.41, 5.74) is 10.7. The first-order chi connectivity index (χ1) is 21.3. The van der Waals surface area contributed by atoms with Crippen LogP contribution in [0.3, 0.4) is 0 Å². The molecule has 2 aromatic heterocycles. The van der Waals surface area contributed by atoms with E-state index in [1.165, 1.54) is 5.56 Å². The van der Waals surface area contributed by atoms with Crippen molar-refractivity contribution in [3.05, 3.63) is 95.6 Å². The fourth-order valence-corrected chi connectivity index (χ4v) is 4.01. The molecule has 5 rings (SSSR count). The number of ether oxygens (including phenoxy) is 1. The van der Waals surface area contributed by atoms with Crippen molar-refractivity contribution in [2.45, 2.75) is 59.2 Å². The largest absolute Gasteiger partial charge is 0.445 e. The van der Waals surface area contributed by atoms with Crippen LogP contribution < -0.4 is 11.1 Å². The number of benzene rings is 3. The Kier molecular flexibility index (Phi) is 11.6. The third-order valence-electron chi connectivity index (χ3n) is 6.53. The molecule has 12 heteroatoms. The number of hydrogen-bond acceptors (Lipinski definition) is 9. The van der Waals surface area contributed by atoms with E-state index in [1.54, 1.807) is 9.59 Å². The molecule has 0 fully saturated rings. The minimum atomic E-state index is -0.412. The summed E-state index contributed by atoms with van der Waals surface area (Å²) in [5, 5.41) is 27.6. The molecule has 0 bridgehead atoms. The minimum Gasteiger partial charge on any atom is -0.445 e. The average Bonchev–Trinajstić information content (AvgIpc) is 3.74. The SMILES string of the molecule is CC(C)n1nnc(-c2ccc(CCN)cc2)n1.CC(C)n1nnc(-c2ccc(CCNC(=O)OCc3ccccc3)cc2)n1. The monoisotopic (exact) mass is 596 g/mol. The molecule has 0 aliphatic carbocycles. The van der Waals surface area contributed by atoms with E-state index in [2.05, 4.69) is 48.3 Å². The number of nitrogens with zero attached hydrogens (tertiary/aromatic N) is 8. The van der Waals surface area contributed by atoms with Gasteiger partial charge in [-0.05, 0) is 74.2 Å². The van der Waals surface area contributed by atoms with E-state index < -0.39 is 6.09 Å². The van der Waals surface area contributed by atoms with E-state index in [0.717, 1.165) is 28.7 Å². The topological polar surface area (TPSA) is 152 Å². The molecule has 5 aromatic rings. The van der Waals surface area contributed by atoms with Gasteiger partial charge in [0.1, 0.15) is 6.61 Å². The molecule has 0 spiro atoms. The van der Waals surface area contributed by atoms with Gasteiger partial charge >= 0.3 is 6.09 Å². The Bertz CT molecular complexity index is 1560. The predicted octanol–water partition coefficient (Wildman–Crippen LogP) is 4.81. The summed E-state index contributed by atoms with van der Waals surface area (Å²) in [4.78, 5) is 14.9. The molecule has 0 aliphatic rings. The number of alkyl carbamates (subject to hydrolysis) is 1. The maximum absolute atomic E-state index is 11.7. The Morgan fingerprint density at radius 3 is 1.68 bits per heavy atom. The van der Waals surface area contributed by atoms with Crippen molar-refractivity contribution in [1.82, 2.24) is 45.7 Å². The van der Waals surface area contributed by atoms with Gasteiger partial charge in [0, 0.05) is 17.7 Å². The molecule has 0 aliphatic heterocycles. The van der Waals surface area contributed by atoms with Gasteiger partial charge in [-0.3, -0.25) is 0 Å². The van der Waals surface area contributed by atoms with Gasteiger partial charge in [0.25, 0.3) is 0 Å².